The first-order valence-corrected chi connectivity index (χ1v) is 7.69. The lowest BCUT2D eigenvalue weighted by molar-refractivity contribution is 0.551. The highest BCUT2D eigenvalue weighted by Gasteiger charge is 2.27. The Balaban J connectivity index is 2.02. The van der Waals surface area contributed by atoms with Crippen LogP contribution in [0.15, 0.2) is 23.1 Å². The molecule has 1 saturated carbocycles. The zero-order valence-corrected chi connectivity index (χ0v) is 12.2. The summed E-state index contributed by atoms with van der Waals surface area (Å²) in [6, 6.07) is 6.54. The highest BCUT2D eigenvalue weighted by atomic mass is 35.5. The Morgan fingerprint density at radius 2 is 2.12 bits per heavy atom. The summed E-state index contributed by atoms with van der Waals surface area (Å²) in [5.74, 6) is 0. The molecule has 0 radical (unpaired) electrons. The molecule has 4 heteroatoms. The van der Waals surface area contributed by atoms with Gasteiger partial charge in [-0.05, 0) is 37.6 Å². The van der Waals surface area contributed by atoms with Gasteiger partial charge in [0.2, 0.25) is 0 Å². The Morgan fingerprint density at radius 3 is 2.82 bits per heavy atom. The van der Waals surface area contributed by atoms with Crippen molar-refractivity contribution in [3.8, 4) is 0 Å². The summed E-state index contributed by atoms with van der Waals surface area (Å²) >= 11 is 13.9. The SMILES string of the molecule is CCNC1CCCC1Sc1ccc(Cl)c(Cl)c1. The fourth-order valence-corrected chi connectivity index (χ4v) is 4.01. The van der Waals surface area contributed by atoms with Crippen LogP contribution in [-0.2, 0) is 0 Å². The number of rotatable bonds is 4. The van der Waals surface area contributed by atoms with E-state index < -0.39 is 0 Å². The van der Waals surface area contributed by atoms with E-state index in [1.165, 1.54) is 24.2 Å². The third kappa shape index (κ3) is 3.54. The maximum atomic E-state index is 6.04. The quantitative estimate of drug-likeness (QED) is 0.868. The molecule has 0 saturated heterocycles. The molecule has 94 valence electrons. The minimum Gasteiger partial charge on any atom is -0.313 e. The topological polar surface area (TPSA) is 12.0 Å². The largest absolute Gasteiger partial charge is 0.313 e. The predicted octanol–water partition coefficient (Wildman–Crippen LogP) is 4.62. The predicted molar refractivity (Wildman–Crippen MR) is 77.4 cm³/mol. The van der Waals surface area contributed by atoms with E-state index in [0.717, 1.165) is 6.54 Å². The van der Waals surface area contributed by atoms with E-state index in [0.29, 0.717) is 21.3 Å². The van der Waals surface area contributed by atoms with Gasteiger partial charge in [-0.2, -0.15) is 0 Å². The monoisotopic (exact) mass is 289 g/mol. The first-order chi connectivity index (χ1) is 8.20. The average molecular weight is 290 g/mol. The van der Waals surface area contributed by atoms with Gasteiger partial charge in [0.05, 0.1) is 10.0 Å². The number of hydrogen-bond donors (Lipinski definition) is 1. The molecule has 1 N–H and O–H groups in total. The minimum absolute atomic E-state index is 0.630. The summed E-state index contributed by atoms with van der Waals surface area (Å²) in [5.41, 5.74) is 0. The standard InChI is InChI=1S/C13H17Cl2NS/c1-2-16-12-4-3-5-13(12)17-9-6-7-10(14)11(15)8-9/h6-8,12-13,16H,2-5H2,1H3. The Bertz CT molecular complexity index is 384. The van der Waals surface area contributed by atoms with Gasteiger partial charge >= 0.3 is 0 Å². The number of benzene rings is 1. The molecule has 1 aromatic rings. The van der Waals surface area contributed by atoms with E-state index in [-0.39, 0.29) is 0 Å². The Kier molecular flexibility index (Phi) is 5.04. The van der Waals surface area contributed by atoms with Crippen LogP contribution in [0, 0.1) is 0 Å². The van der Waals surface area contributed by atoms with Crippen molar-refractivity contribution in [2.75, 3.05) is 6.54 Å². The zero-order chi connectivity index (χ0) is 12.3. The fourth-order valence-electron chi connectivity index (χ4n) is 2.29. The van der Waals surface area contributed by atoms with Crippen LogP contribution in [0.3, 0.4) is 0 Å². The molecule has 0 bridgehead atoms. The van der Waals surface area contributed by atoms with Gasteiger partial charge in [-0.25, -0.2) is 0 Å². The van der Waals surface area contributed by atoms with Gasteiger partial charge in [0, 0.05) is 16.2 Å². The van der Waals surface area contributed by atoms with Crippen molar-refractivity contribution in [3.63, 3.8) is 0 Å². The van der Waals surface area contributed by atoms with E-state index in [2.05, 4.69) is 18.3 Å². The molecule has 0 aliphatic heterocycles. The Morgan fingerprint density at radius 1 is 1.29 bits per heavy atom. The first-order valence-electron chi connectivity index (χ1n) is 6.05. The number of halogens is 2. The van der Waals surface area contributed by atoms with Crippen molar-refractivity contribution >= 4 is 35.0 Å². The Hall–Kier alpha value is 0.110. The minimum atomic E-state index is 0.630. The molecule has 2 unspecified atom stereocenters. The molecule has 0 spiro atoms. The molecular formula is C13H17Cl2NS. The summed E-state index contributed by atoms with van der Waals surface area (Å²) in [4.78, 5) is 1.22. The van der Waals surface area contributed by atoms with Gasteiger partial charge in [0.15, 0.2) is 0 Å². The maximum Gasteiger partial charge on any atom is 0.0603 e. The third-order valence-corrected chi connectivity index (χ3v) is 5.23. The molecule has 1 aromatic carbocycles. The van der Waals surface area contributed by atoms with E-state index in [9.17, 15) is 0 Å². The molecule has 0 aromatic heterocycles. The van der Waals surface area contributed by atoms with Gasteiger partial charge in [-0.3, -0.25) is 0 Å². The molecular weight excluding hydrogens is 273 g/mol. The molecule has 1 fully saturated rings. The molecule has 0 heterocycles. The number of hydrogen-bond acceptors (Lipinski definition) is 2. The van der Waals surface area contributed by atoms with E-state index in [4.69, 9.17) is 23.2 Å². The highest BCUT2D eigenvalue weighted by molar-refractivity contribution is 8.00. The lowest BCUT2D eigenvalue weighted by atomic mass is 10.2. The average Bonchev–Trinajstić information content (AvgIpc) is 2.72. The normalized spacial score (nSPS) is 24.2. The van der Waals surface area contributed by atoms with Gasteiger partial charge in [-0.1, -0.05) is 36.5 Å². The molecule has 0 amide bonds. The van der Waals surface area contributed by atoms with Crippen LogP contribution in [0.4, 0.5) is 0 Å². The lowest BCUT2D eigenvalue weighted by Crippen LogP contribution is -2.33. The molecule has 2 rings (SSSR count). The second-order valence-corrected chi connectivity index (χ2v) is 6.45. The van der Waals surface area contributed by atoms with Crippen molar-refractivity contribution in [3.05, 3.63) is 28.2 Å². The molecule has 2 atom stereocenters. The van der Waals surface area contributed by atoms with Crippen LogP contribution < -0.4 is 5.32 Å². The van der Waals surface area contributed by atoms with Gasteiger partial charge < -0.3 is 5.32 Å². The van der Waals surface area contributed by atoms with Gasteiger partial charge in [0.25, 0.3) is 0 Å². The van der Waals surface area contributed by atoms with Crippen LogP contribution in [0.1, 0.15) is 26.2 Å². The van der Waals surface area contributed by atoms with E-state index >= 15 is 0 Å². The first kappa shape index (κ1) is 13.5. The smallest absolute Gasteiger partial charge is 0.0603 e. The lowest BCUT2D eigenvalue weighted by Gasteiger charge is -2.20. The zero-order valence-electron chi connectivity index (χ0n) is 9.88. The van der Waals surface area contributed by atoms with Crippen molar-refractivity contribution in [1.29, 1.82) is 0 Å². The van der Waals surface area contributed by atoms with Crippen molar-refractivity contribution < 1.29 is 0 Å². The molecule has 1 nitrogen and oxygen atoms in total. The second kappa shape index (κ2) is 6.33. The summed E-state index contributed by atoms with van der Waals surface area (Å²) in [6.07, 6.45) is 3.88. The third-order valence-electron chi connectivity index (χ3n) is 3.10. The van der Waals surface area contributed by atoms with Crippen molar-refractivity contribution in [2.45, 2.75) is 42.4 Å². The second-order valence-electron chi connectivity index (χ2n) is 4.33. The molecule has 17 heavy (non-hydrogen) atoms. The molecule has 1 aliphatic carbocycles. The highest BCUT2D eigenvalue weighted by Crippen LogP contribution is 2.37. The van der Waals surface area contributed by atoms with Crippen LogP contribution in [0.2, 0.25) is 10.0 Å². The van der Waals surface area contributed by atoms with Crippen molar-refractivity contribution in [1.82, 2.24) is 5.32 Å². The fraction of sp³-hybridized carbons (Fsp3) is 0.538. The van der Waals surface area contributed by atoms with E-state index in [1.807, 2.05) is 23.9 Å². The van der Waals surface area contributed by atoms with Crippen LogP contribution >= 0.6 is 35.0 Å². The van der Waals surface area contributed by atoms with Crippen molar-refractivity contribution in [2.24, 2.45) is 0 Å². The van der Waals surface area contributed by atoms with Crippen LogP contribution in [-0.4, -0.2) is 17.8 Å². The summed E-state index contributed by atoms with van der Waals surface area (Å²) in [5, 5.41) is 5.50. The molecule has 1 aliphatic rings. The van der Waals surface area contributed by atoms with Crippen LogP contribution in [0.25, 0.3) is 0 Å². The summed E-state index contributed by atoms with van der Waals surface area (Å²) < 4.78 is 0. The van der Waals surface area contributed by atoms with E-state index in [1.54, 1.807) is 0 Å². The number of nitrogens with one attached hydrogen (secondary N) is 1. The van der Waals surface area contributed by atoms with Gasteiger partial charge in [-0.15, -0.1) is 11.8 Å². The van der Waals surface area contributed by atoms with Crippen LogP contribution in [0.5, 0.6) is 0 Å². The maximum absolute atomic E-state index is 6.04. The summed E-state index contributed by atoms with van der Waals surface area (Å²) in [6.45, 7) is 3.21. The van der Waals surface area contributed by atoms with Gasteiger partial charge in [0.1, 0.15) is 0 Å². The summed E-state index contributed by atoms with van der Waals surface area (Å²) in [7, 11) is 0. The number of thioether (sulfide) groups is 1. The Labute approximate surface area is 117 Å².